The second-order valence-electron chi connectivity index (χ2n) is 13.8. The average Bonchev–Trinajstić information content (AvgIpc) is 3.06. The van der Waals surface area contributed by atoms with Crippen LogP contribution in [0.5, 0.6) is 0 Å². The van der Waals surface area contributed by atoms with Crippen LogP contribution in [0.1, 0.15) is 149 Å². The third-order valence-electron chi connectivity index (χ3n) is 8.94. The fraction of sp³-hybridized carbons (Fsp3) is 0.865. The molecule has 0 aromatic rings. The highest BCUT2D eigenvalue weighted by Gasteiger charge is 2.31. The Hall–Kier alpha value is -2.37. The molecular formula is C37H70N4O7. The first-order chi connectivity index (χ1) is 23.0. The summed E-state index contributed by atoms with van der Waals surface area (Å²) in [5.41, 5.74) is 5.65. The first-order valence-electron chi connectivity index (χ1n) is 18.8. The van der Waals surface area contributed by atoms with E-state index in [1.807, 2.05) is 13.8 Å². The van der Waals surface area contributed by atoms with Crippen LogP contribution in [0.2, 0.25) is 0 Å². The maximum Gasteiger partial charge on any atom is 0.225 e. The van der Waals surface area contributed by atoms with E-state index in [2.05, 4.69) is 22.9 Å². The van der Waals surface area contributed by atoms with Crippen LogP contribution in [0.15, 0.2) is 0 Å². The lowest BCUT2D eigenvalue weighted by Crippen LogP contribution is -2.48. The highest BCUT2D eigenvalue weighted by Crippen LogP contribution is 2.19. The molecule has 4 atom stereocenters. The maximum absolute atomic E-state index is 13.5. The molecule has 0 spiro atoms. The number of carbonyl (C=O) groups excluding carboxylic acids is 5. The first kappa shape index (κ1) is 45.6. The van der Waals surface area contributed by atoms with E-state index < -0.39 is 54.7 Å². The van der Waals surface area contributed by atoms with E-state index in [1.54, 1.807) is 0 Å². The van der Waals surface area contributed by atoms with Gasteiger partial charge in [0.05, 0.1) is 25.2 Å². The first-order valence-corrected chi connectivity index (χ1v) is 18.8. The molecule has 0 unspecified atom stereocenters. The summed E-state index contributed by atoms with van der Waals surface area (Å²) in [5.74, 6) is -3.72. The third kappa shape index (κ3) is 22.3. The third-order valence-corrected chi connectivity index (χ3v) is 8.94. The van der Waals surface area contributed by atoms with E-state index in [9.17, 15) is 34.2 Å². The summed E-state index contributed by atoms with van der Waals surface area (Å²) < 4.78 is 0. The predicted octanol–water partition coefficient (Wildman–Crippen LogP) is 4.49. The number of ketones is 2. The van der Waals surface area contributed by atoms with Crippen LogP contribution < -0.4 is 21.7 Å². The van der Waals surface area contributed by atoms with Crippen molar-refractivity contribution >= 4 is 29.3 Å². The lowest BCUT2D eigenvalue weighted by atomic mass is 9.90. The summed E-state index contributed by atoms with van der Waals surface area (Å²) in [4.78, 5) is 64.5. The van der Waals surface area contributed by atoms with E-state index in [1.165, 1.54) is 64.8 Å². The number of rotatable bonds is 32. The van der Waals surface area contributed by atoms with E-state index in [0.717, 1.165) is 19.3 Å². The second-order valence-corrected chi connectivity index (χ2v) is 13.8. The number of unbranched alkanes of at least 4 members (excludes halogenated alkanes) is 13. The summed E-state index contributed by atoms with van der Waals surface area (Å²) in [5, 5.41) is 27.4. The summed E-state index contributed by atoms with van der Waals surface area (Å²) in [7, 11) is 1.42. The van der Waals surface area contributed by atoms with Crippen molar-refractivity contribution in [1.29, 1.82) is 0 Å². The quantitative estimate of drug-likeness (QED) is 0.0560. The van der Waals surface area contributed by atoms with Crippen LogP contribution in [-0.4, -0.2) is 78.4 Å². The lowest BCUT2D eigenvalue weighted by Gasteiger charge is -2.25. The molecule has 0 aliphatic carbocycles. The van der Waals surface area contributed by atoms with Crippen LogP contribution in [0.25, 0.3) is 0 Å². The molecule has 0 aliphatic rings. The summed E-state index contributed by atoms with van der Waals surface area (Å²) in [6, 6.07) is -2.01. The lowest BCUT2D eigenvalue weighted by molar-refractivity contribution is -0.135. The molecule has 0 aliphatic heterocycles. The molecule has 0 bridgehead atoms. The fourth-order valence-electron chi connectivity index (χ4n) is 5.91. The highest BCUT2D eigenvalue weighted by atomic mass is 16.3. The normalized spacial score (nSPS) is 13.8. The monoisotopic (exact) mass is 683 g/mol. The highest BCUT2D eigenvalue weighted by molar-refractivity contribution is 5.95. The van der Waals surface area contributed by atoms with Gasteiger partial charge in [-0.3, -0.25) is 24.0 Å². The van der Waals surface area contributed by atoms with Gasteiger partial charge < -0.3 is 31.9 Å². The molecule has 280 valence electrons. The molecule has 0 aromatic carbocycles. The molecule has 0 rings (SSSR count). The standard InChI is InChI=1S/C37H70N4O7/c1-5-6-7-8-9-10-11-12-13-14-15-16-17-21-35(46)40-32(27-43)34(45)24-29(20-18-19-22-38)37(48)41-31(23-28(2)3)33(44)25-30(26-42)36(47)39-4/h28-32,42-43H,5-27,38H2,1-4H3,(H,39,47)(H,40,46)(H,41,48)/t29-,30+,31+,32+/m1/s1. The molecule has 3 amide bonds. The number of nitrogens with two attached hydrogens (primary N) is 1. The molecule has 48 heavy (non-hydrogen) atoms. The van der Waals surface area contributed by atoms with Gasteiger partial charge in [0, 0.05) is 32.2 Å². The van der Waals surface area contributed by atoms with E-state index >= 15 is 0 Å². The Morgan fingerprint density at radius 2 is 1.15 bits per heavy atom. The largest absolute Gasteiger partial charge is 0.396 e. The zero-order valence-corrected chi connectivity index (χ0v) is 30.7. The summed E-state index contributed by atoms with van der Waals surface area (Å²) in [6.07, 6.45) is 17.3. The molecule has 7 N–H and O–H groups in total. The summed E-state index contributed by atoms with van der Waals surface area (Å²) >= 11 is 0. The zero-order valence-electron chi connectivity index (χ0n) is 30.7. The Morgan fingerprint density at radius 1 is 0.625 bits per heavy atom. The molecule has 0 fully saturated rings. The van der Waals surface area contributed by atoms with Gasteiger partial charge in [-0.2, -0.15) is 0 Å². The van der Waals surface area contributed by atoms with Crippen molar-refractivity contribution in [3.8, 4) is 0 Å². The number of nitrogens with one attached hydrogen (secondary N) is 3. The van der Waals surface area contributed by atoms with Gasteiger partial charge in [0.1, 0.15) is 6.04 Å². The Bertz CT molecular complexity index is 899. The van der Waals surface area contributed by atoms with Crippen molar-refractivity contribution in [3.05, 3.63) is 0 Å². The molecule has 0 saturated heterocycles. The Balaban J connectivity index is 4.95. The number of aliphatic hydroxyl groups is 2. The smallest absolute Gasteiger partial charge is 0.225 e. The van der Waals surface area contributed by atoms with Gasteiger partial charge in [-0.15, -0.1) is 0 Å². The molecule has 0 heterocycles. The minimum atomic E-state index is -1.12. The van der Waals surface area contributed by atoms with Crippen molar-refractivity contribution in [3.63, 3.8) is 0 Å². The summed E-state index contributed by atoms with van der Waals surface area (Å²) in [6.45, 7) is 5.40. The Labute approximate surface area is 290 Å². The number of aliphatic hydroxyl groups excluding tert-OH is 2. The van der Waals surface area contributed by atoms with Crippen LogP contribution in [0.3, 0.4) is 0 Å². The van der Waals surface area contributed by atoms with Gasteiger partial charge in [-0.05, 0) is 38.1 Å². The van der Waals surface area contributed by atoms with Crippen LogP contribution in [0.4, 0.5) is 0 Å². The van der Waals surface area contributed by atoms with Crippen molar-refractivity contribution in [2.75, 3.05) is 26.8 Å². The van der Waals surface area contributed by atoms with E-state index in [4.69, 9.17) is 5.73 Å². The molecule has 0 radical (unpaired) electrons. The number of hydrogen-bond acceptors (Lipinski definition) is 8. The van der Waals surface area contributed by atoms with Crippen LogP contribution in [-0.2, 0) is 24.0 Å². The fourth-order valence-corrected chi connectivity index (χ4v) is 5.91. The minimum Gasteiger partial charge on any atom is -0.396 e. The van der Waals surface area contributed by atoms with E-state index in [-0.39, 0.29) is 36.9 Å². The second kappa shape index (κ2) is 29.5. The average molecular weight is 683 g/mol. The van der Waals surface area contributed by atoms with Crippen molar-refractivity contribution in [1.82, 2.24) is 16.0 Å². The van der Waals surface area contributed by atoms with Crippen LogP contribution >= 0.6 is 0 Å². The van der Waals surface area contributed by atoms with Gasteiger partial charge in [-0.1, -0.05) is 104 Å². The van der Waals surface area contributed by atoms with Gasteiger partial charge in [0.25, 0.3) is 0 Å². The molecule has 0 saturated carbocycles. The van der Waals surface area contributed by atoms with Crippen molar-refractivity contribution < 1.29 is 34.2 Å². The van der Waals surface area contributed by atoms with Crippen molar-refractivity contribution in [2.24, 2.45) is 23.5 Å². The Kier molecular flexibility index (Phi) is 28.1. The minimum absolute atomic E-state index is 0.0491. The Morgan fingerprint density at radius 3 is 1.62 bits per heavy atom. The number of amides is 3. The number of hydrogen-bond donors (Lipinski definition) is 6. The molecule has 11 heteroatoms. The predicted molar refractivity (Wildman–Crippen MR) is 191 cm³/mol. The number of Topliss-reactive ketones (excluding diaryl/α,β-unsaturated/α-hetero) is 2. The topological polar surface area (TPSA) is 188 Å². The zero-order chi connectivity index (χ0) is 36.2. The SMILES string of the molecule is CCCCCCCCCCCCCCCC(=O)N[C@@H](CO)C(=O)C[C@@H](CCCCN)C(=O)N[C@@H](CC(C)C)C(=O)C[C@@H](CO)C(=O)NC. The molecule has 11 nitrogen and oxygen atoms in total. The van der Waals surface area contributed by atoms with Gasteiger partial charge in [-0.25, -0.2) is 0 Å². The molecule has 0 aromatic heterocycles. The molecular weight excluding hydrogens is 612 g/mol. The van der Waals surface area contributed by atoms with Gasteiger partial charge in [0.2, 0.25) is 17.7 Å². The van der Waals surface area contributed by atoms with Gasteiger partial charge in [0.15, 0.2) is 11.6 Å². The van der Waals surface area contributed by atoms with Crippen LogP contribution in [0, 0.1) is 17.8 Å². The maximum atomic E-state index is 13.5. The number of carbonyl (C=O) groups is 5. The van der Waals surface area contributed by atoms with Crippen molar-refractivity contribution in [2.45, 2.75) is 161 Å². The van der Waals surface area contributed by atoms with E-state index in [0.29, 0.717) is 38.6 Å². The van der Waals surface area contributed by atoms with Gasteiger partial charge >= 0.3 is 0 Å².